The van der Waals surface area contributed by atoms with Crippen LogP contribution in [0.15, 0.2) is 35.3 Å². The lowest BCUT2D eigenvalue weighted by Crippen LogP contribution is -2.23. The van der Waals surface area contributed by atoms with Crippen LogP contribution in [0.25, 0.3) is 0 Å². The average Bonchev–Trinajstić information content (AvgIpc) is 2.25. The van der Waals surface area contributed by atoms with Gasteiger partial charge in [-0.25, -0.2) is 4.98 Å². The molecular weight excluding hydrogens is 226 g/mol. The summed E-state index contributed by atoms with van der Waals surface area (Å²) in [7, 11) is 0. The second-order valence-electron chi connectivity index (χ2n) is 3.37. The van der Waals surface area contributed by atoms with Crippen LogP contribution in [0, 0.1) is 6.92 Å². The molecule has 0 aliphatic heterocycles. The molecule has 0 radical (unpaired) electrons. The molecule has 0 unspecified atom stereocenters. The molecule has 0 saturated heterocycles. The van der Waals surface area contributed by atoms with Crippen molar-refractivity contribution in [3.05, 3.63) is 57.5 Å². The molecule has 16 heavy (non-hydrogen) atoms. The lowest BCUT2D eigenvalue weighted by atomic mass is 10.3. The van der Waals surface area contributed by atoms with E-state index < -0.39 is 0 Å². The van der Waals surface area contributed by atoms with E-state index in [4.69, 9.17) is 11.6 Å². The number of aryl methyl sites for hydroxylation is 1. The molecule has 0 aliphatic rings. The molecule has 82 valence electrons. The van der Waals surface area contributed by atoms with Gasteiger partial charge in [-0.05, 0) is 19.1 Å². The summed E-state index contributed by atoms with van der Waals surface area (Å²) in [6, 6.07) is 6.88. The second-order valence-corrected chi connectivity index (χ2v) is 3.76. The first kappa shape index (κ1) is 10.8. The summed E-state index contributed by atoms with van der Waals surface area (Å²) in [6.07, 6.45) is 1.69. The van der Waals surface area contributed by atoms with E-state index in [0.29, 0.717) is 12.4 Å². The molecule has 2 aromatic rings. The van der Waals surface area contributed by atoms with Crippen molar-refractivity contribution in [3.8, 4) is 0 Å². The Labute approximate surface area is 97.6 Å². The van der Waals surface area contributed by atoms with Crippen LogP contribution in [0.2, 0.25) is 5.15 Å². The molecule has 2 aromatic heterocycles. The van der Waals surface area contributed by atoms with Crippen LogP contribution in [-0.4, -0.2) is 14.5 Å². The predicted molar refractivity (Wildman–Crippen MR) is 61.6 cm³/mol. The Morgan fingerprint density at radius 1 is 1.44 bits per heavy atom. The van der Waals surface area contributed by atoms with E-state index in [1.54, 1.807) is 13.1 Å². The molecule has 0 amide bonds. The Morgan fingerprint density at radius 3 is 2.88 bits per heavy atom. The number of rotatable bonds is 2. The van der Waals surface area contributed by atoms with Crippen molar-refractivity contribution in [2.45, 2.75) is 13.5 Å². The van der Waals surface area contributed by atoms with Crippen LogP contribution in [0.5, 0.6) is 0 Å². The van der Waals surface area contributed by atoms with Crippen LogP contribution < -0.4 is 5.56 Å². The minimum Gasteiger partial charge on any atom is -0.291 e. The molecule has 5 heteroatoms. The van der Waals surface area contributed by atoms with Gasteiger partial charge in [-0.1, -0.05) is 17.7 Å². The molecule has 0 atom stereocenters. The maximum Gasteiger partial charge on any atom is 0.255 e. The Kier molecular flexibility index (Phi) is 3.01. The van der Waals surface area contributed by atoms with Gasteiger partial charge in [-0.2, -0.15) is 0 Å². The molecule has 0 N–H and O–H groups in total. The summed E-state index contributed by atoms with van der Waals surface area (Å²) in [6.45, 7) is 2.16. The Hall–Kier alpha value is -1.68. The van der Waals surface area contributed by atoms with Crippen molar-refractivity contribution in [1.82, 2.24) is 14.5 Å². The van der Waals surface area contributed by atoms with Gasteiger partial charge in [-0.15, -0.1) is 0 Å². The van der Waals surface area contributed by atoms with Crippen molar-refractivity contribution in [3.63, 3.8) is 0 Å². The molecule has 0 saturated carbocycles. The quantitative estimate of drug-likeness (QED) is 0.744. The first-order chi connectivity index (χ1) is 7.66. The third-order valence-corrected chi connectivity index (χ3v) is 2.41. The molecule has 2 heterocycles. The average molecular weight is 236 g/mol. The van der Waals surface area contributed by atoms with Gasteiger partial charge in [0.2, 0.25) is 0 Å². The highest BCUT2D eigenvalue weighted by Gasteiger charge is 2.04. The summed E-state index contributed by atoms with van der Waals surface area (Å²) in [5.41, 5.74) is 0.653. The smallest absolute Gasteiger partial charge is 0.255 e. The monoisotopic (exact) mass is 235 g/mol. The van der Waals surface area contributed by atoms with Crippen LogP contribution >= 0.6 is 11.6 Å². The highest BCUT2D eigenvalue weighted by atomic mass is 35.5. The number of pyridine rings is 1. The van der Waals surface area contributed by atoms with Crippen molar-refractivity contribution in [2.75, 3.05) is 0 Å². The van der Waals surface area contributed by atoms with Gasteiger partial charge in [0.05, 0.1) is 12.2 Å². The minimum atomic E-state index is -0.164. The third-order valence-electron chi connectivity index (χ3n) is 2.21. The number of hydrogen-bond acceptors (Lipinski definition) is 3. The van der Waals surface area contributed by atoms with E-state index in [1.165, 1.54) is 10.6 Å². The third kappa shape index (κ3) is 2.28. The summed E-state index contributed by atoms with van der Waals surface area (Å²) in [4.78, 5) is 19.9. The first-order valence-electron chi connectivity index (χ1n) is 4.81. The van der Waals surface area contributed by atoms with Gasteiger partial charge in [0.25, 0.3) is 5.56 Å². The fourth-order valence-corrected chi connectivity index (χ4v) is 1.65. The zero-order chi connectivity index (χ0) is 11.5. The highest BCUT2D eigenvalue weighted by molar-refractivity contribution is 6.29. The summed E-state index contributed by atoms with van der Waals surface area (Å²) in [5, 5.41) is 0.222. The number of aromatic nitrogens is 3. The van der Waals surface area contributed by atoms with Gasteiger partial charge < -0.3 is 0 Å². The normalized spacial score (nSPS) is 10.4. The largest absolute Gasteiger partial charge is 0.291 e. The van der Waals surface area contributed by atoms with E-state index in [9.17, 15) is 4.79 Å². The van der Waals surface area contributed by atoms with Gasteiger partial charge in [0.1, 0.15) is 11.0 Å². The van der Waals surface area contributed by atoms with E-state index in [-0.39, 0.29) is 10.7 Å². The SMILES string of the molecule is Cc1nc(Cl)cc(=O)n1Cc1ccccn1. The van der Waals surface area contributed by atoms with Crippen molar-refractivity contribution in [2.24, 2.45) is 0 Å². The van der Waals surface area contributed by atoms with Crippen LogP contribution in [0.1, 0.15) is 11.5 Å². The summed E-state index contributed by atoms with van der Waals surface area (Å²) < 4.78 is 1.54. The van der Waals surface area contributed by atoms with E-state index >= 15 is 0 Å². The molecule has 2 rings (SSSR count). The standard InChI is InChI=1S/C11H10ClN3O/c1-8-14-10(12)6-11(16)15(8)7-9-4-2-3-5-13-9/h2-6H,7H2,1H3. The van der Waals surface area contributed by atoms with Gasteiger partial charge in [0, 0.05) is 12.3 Å². The Morgan fingerprint density at radius 2 is 2.25 bits per heavy atom. The molecule has 0 bridgehead atoms. The van der Waals surface area contributed by atoms with Gasteiger partial charge in [-0.3, -0.25) is 14.3 Å². The van der Waals surface area contributed by atoms with Crippen LogP contribution in [0.3, 0.4) is 0 Å². The molecule has 4 nitrogen and oxygen atoms in total. The molecule has 0 fully saturated rings. The maximum absolute atomic E-state index is 11.7. The summed E-state index contributed by atoms with van der Waals surface area (Å²) >= 11 is 5.69. The number of hydrogen-bond donors (Lipinski definition) is 0. The van der Waals surface area contributed by atoms with Crippen molar-refractivity contribution in [1.29, 1.82) is 0 Å². The second kappa shape index (κ2) is 4.45. The number of halogens is 1. The zero-order valence-corrected chi connectivity index (χ0v) is 9.48. The Balaban J connectivity index is 2.39. The Bertz CT molecular complexity index is 551. The lowest BCUT2D eigenvalue weighted by Gasteiger charge is -2.08. The van der Waals surface area contributed by atoms with Gasteiger partial charge in [0.15, 0.2) is 0 Å². The molecule has 0 spiro atoms. The van der Waals surface area contributed by atoms with Crippen molar-refractivity contribution < 1.29 is 0 Å². The molecule has 0 aromatic carbocycles. The fraction of sp³-hybridized carbons (Fsp3) is 0.182. The highest BCUT2D eigenvalue weighted by Crippen LogP contribution is 2.03. The molecule has 0 aliphatic carbocycles. The fourth-order valence-electron chi connectivity index (χ4n) is 1.43. The maximum atomic E-state index is 11.7. The lowest BCUT2D eigenvalue weighted by molar-refractivity contribution is 0.686. The number of nitrogens with zero attached hydrogens (tertiary/aromatic N) is 3. The molecular formula is C11H10ClN3O. The first-order valence-corrected chi connectivity index (χ1v) is 5.18. The van der Waals surface area contributed by atoms with E-state index in [0.717, 1.165) is 5.69 Å². The predicted octanol–water partition coefficient (Wildman–Crippen LogP) is 1.65. The topological polar surface area (TPSA) is 47.8 Å². The van der Waals surface area contributed by atoms with Crippen LogP contribution in [0.4, 0.5) is 0 Å². The van der Waals surface area contributed by atoms with Gasteiger partial charge >= 0.3 is 0 Å². The van der Waals surface area contributed by atoms with E-state index in [2.05, 4.69) is 9.97 Å². The zero-order valence-electron chi connectivity index (χ0n) is 8.72. The summed E-state index contributed by atoms with van der Waals surface area (Å²) in [5.74, 6) is 0.586. The van der Waals surface area contributed by atoms with Crippen molar-refractivity contribution >= 4 is 11.6 Å². The van der Waals surface area contributed by atoms with E-state index in [1.807, 2.05) is 18.2 Å². The van der Waals surface area contributed by atoms with Crippen LogP contribution in [-0.2, 0) is 6.54 Å². The minimum absolute atomic E-state index is 0.164.